The zero-order valence-electron chi connectivity index (χ0n) is 10.8. The van der Waals surface area contributed by atoms with E-state index in [0.29, 0.717) is 29.6 Å². The number of benzene rings is 1. The summed E-state index contributed by atoms with van der Waals surface area (Å²) in [6.45, 7) is 1.94. The normalized spacial score (nSPS) is 10.3. The zero-order valence-corrected chi connectivity index (χ0v) is 10.8. The highest BCUT2D eigenvalue weighted by Crippen LogP contribution is 2.23. The molecule has 0 amide bonds. The minimum Gasteiger partial charge on any atom is -0.494 e. The molecule has 5 nitrogen and oxygen atoms in total. The molecule has 0 atom stereocenters. The predicted molar refractivity (Wildman–Crippen MR) is 72.1 cm³/mol. The Morgan fingerprint density at radius 3 is 2.74 bits per heavy atom. The molecule has 0 aliphatic heterocycles. The van der Waals surface area contributed by atoms with E-state index in [4.69, 9.17) is 10.5 Å². The first kappa shape index (κ1) is 13.1. The van der Waals surface area contributed by atoms with E-state index in [1.165, 1.54) is 13.2 Å². The number of nitrogens with one attached hydrogen (secondary N) is 1. The number of ether oxygens (including phenoxy) is 1. The van der Waals surface area contributed by atoms with Crippen molar-refractivity contribution in [3.8, 4) is 5.75 Å². The SMILES string of the molecule is CCc1nc(N)cc(Nc2ccc(OC)c(F)c2)n1. The Balaban J connectivity index is 2.25. The molecular weight excluding hydrogens is 247 g/mol. The van der Waals surface area contributed by atoms with Crippen LogP contribution in [0.5, 0.6) is 5.75 Å². The van der Waals surface area contributed by atoms with Gasteiger partial charge in [-0.3, -0.25) is 0 Å². The second kappa shape index (κ2) is 5.51. The van der Waals surface area contributed by atoms with Crippen molar-refractivity contribution >= 4 is 17.3 Å². The third-order valence-corrected chi connectivity index (χ3v) is 2.53. The lowest BCUT2D eigenvalue weighted by atomic mass is 10.3. The van der Waals surface area contributed by atoms with Crippen molar-refractivity contribution in [2.75, 3.05) is 18.2 Å². The molecule has 2 rings (SSSR count). The number of aryl methyl sites for hydroxylation is 1. The van der Waals surface area contributed by atoms with Crippen molar-refractivity contribution in [2.45, 2.75) is 13.3 Å². The fraction of sp³-hybridized carbons (Fsp3) is 0.231. The number of nitrogen functional groups attached to an aromatic ring is 1. The van der Waals surface area contributed by atoms with Gasteiger partial charge in [-0.15, -0.1) is 0 Å². The van der Waals surface area contributed by atoms with Crippen LogP contribution >= 0.6 is 0 Å². The lowest BCUT2D eigenvalue weighted by molar-refractivity contribution is 0.386. The number of hydrogen-bond acceptors (Lipinski definition) is 5. The molecule has 0 unspecified atom stereocenters. The van der Waals surface area contributed by atoms with Crippen LogP contribution in [0.25, 0.3) is 0 Å². The average molecular weight is 262 g/mol. The van der Waals surface area contributed by atoms with Crippen molar-refractivity contribution in [2.24, 2.45) is 0 Å². The summed E-state index contributed by atoms with van der Waals surface area (Å²) in [7, 11) is 1.42. The minimum atomic E-state index is -0.440. The molecule has 0 aliphatic carbocycles. The van der Waals surface area contributed by atoms with E-state index in [1.54, 1.807) is 18.2 Å². The number of methoxy groups -OCH3 is 1. The molecule has 2 aromatic rings. The molecule has 3 N–H and O–H groups in total. The van der Waals surface area contributed by atoms with Gasteiger partial charge in [-0.2, -0.15) is 0 Å². The van der Waals surface area contributed by atoms with Gasteiger partial charge in [0.1, 0.15) is 17.5 Å². The number of aromatic nitrogens is 2. The van der Waals surface area contributed by atoms with Crippen molar-refractivity contribution in [1.29, 1.82) is 0 Å². The molecule has 100 valence electrons. The maximum absolute atomic E-state index is 13.6. The summed E-state index contributed by atoms with van der Waals surface area (Å²) in [5.74, 6) is 1.31. The Hall–Kier alpha value is -2.37. The van der Waals surface area contributed by atoms with Crippen molar-refractivity contribution < 1.29 is 9.13 Å². The van der Waals surface area contributed by atoms with E-state index in [0.717, 1.165) is 0 Å². The molecular formula is C13H15FN4O. The number of halogens is 1. The van der Waals surface area contributed by atoms with E-state index in [-0.39, 0.29) is 5.75 Å². The van der Waals surface area contributed by atoms with Crippen LogP contribution in [-0.4, -0.2) is 17.1 Å². The molecule has 0 aliphatic rings. The Morgan fingerprint density at radius 1 is 1.32 bits per heavy atom. The van der Waals surface area contributed by atoms with Crippen LogP contribution in [0.2, 0.25) is 0 Å². The summed E-state index contributed by atoms with van der Waals surface area (Å²) in [5, 5.41) is 2.98. The molecule has 1 aromatic heterocycles. The second-order valence-corrected chi connectivity index (χ2v) is 3.92. The number of anilines is 3. The summed E-state index contributed by atoms with van der Waals surface area (Å²) in [6, 6.07) is 6.18. The molecule has 0 saturated heterocycles. The van der Waals surface area contributed by atoms with Crippen LogP contribution < -0.4 is 15.8 Å². The fourth-order valence-corrected chi connectivity index (χ4v) is 1.63. The van der Waals surface area contributed by atoms with Gasteiger partial charge in [0.15, 0.2) is 11.6 Å². The van der Waals surface area contributed by atoms with Gasteiger partial charge in [0, 0.05) is 24.2 Å². The quantitative estimate of drug-likeness (QED) is 0.885. The third kappa shape index (κ3) is 3.09. The standard InChI is InChI=1S/C13H15FN4O/c1-3-12-17-11(15)7-13(18-12)16-8-4-5-10(19-2)9(14)6-8/h4-7H,3H2,1-2H3,(H3,15,16,17,18). The minimum absolute atomic E-state index is 0.196. The average Bonchev–Trinajstić information content (AvgIpc) is 2.38. The highest BCUT2D eigenvalue weighted by Gasteiger charge is 2.05. The molecule has 0 bridgehead atoms. The fourth-order valence-electron chi connectivity index (χ4n) is 1.63. The molecule has 0 spiro atoms. The van der Waals surface area contributed by atoms with Gasteiger partial charge < -0.3 is 15.8 Å². The molecule has 0 radical (unpaired) electrons. The summed E-state index contributed by atoms with van der Waals surface area (Å²) < 4.78 is 18.4. The van der Waals surface area contributed by atoms with Crippen LogP contribution in [0.1, 0.15) is 12.7 Å². The Labute approximate surface area is 110 Å². The van der Waals surface area contributed by atoms with Gasteiger partial charge in [-0.25, -0.2) is 14.4 Å². The third-order valence-electron chi connectivity index (χ3n) is 2.53. The molecule has 1 aromatic carbocycles. The van der Waals surface area contributed by atoms with E-state index in [9.17, 15) is 4.39 Å². The Morgan fingerprint density at radius 2 is 2.11 bits per heavy atom. The summed E-state index contributed by atoms with van der Waals surface area (Å²) in [5.41, 5.74) is 6.25. The first-order valence-electron chi connectivity index (χ1n) is 5.86. The van der Waals surface area contributed by atoms with Gasteiger partial charge in [0.2, 0.25) is 0 Å². The molecule has 6 heteroatoms. The smallest absolute Gasteiger partial charge is 0.167 e. The number of nitrogens with two attached hydrogens (primary N) is 1. The largest absolute Gasteiger partial charge is 0.494 e. The van der Waals surface area contributed by atoms with Gasteiger partial charge >= 0.3 is 0 Å². The highest BCUT2D eigenvalue weighted by molar-refractivity contribution is 5.59. The zero-order chi connectivity index (χ0) is 13.8. The van der Waals surface area contributed by atoms with Crippen molar-refractivity contribution in [3.05, 3.63) is 35.9 Å². The van der Waals surface area contributed by atoms with Crippen LogP contribution in [0.4, 0.5) is 21.7 Å². The first-order valence-corrected chi connectivity index (χ1v) is 5.86. The van der Waals surface area contributed by atoms with E-state index >= 15 is 0 Å². The maximum atomic E-state index is 13.6. The predicted octanol–water partition coefficient (Wildman–Crippen LogP) is 2.51. The molecule has 0 saturated carbocycles. The summed E-state index contributed by atoms with van der Waals surface area (Å²) >= 11 is 0. The first-order chi connectivity index (χ1) is 9.12. The van der Waals surface area contributed by atoms with E-state index < -0.39 is 5.82 Å². The van der Waals surface area contributed by atoms with Gasteiger partial charge in [-0.1, -0.05) is 6.92 Å². The molecule has 0 fully saturated rings. The Kier molecular flexibility index (Phi) is 3.79. The summed E-state index contributed by atoms with van der Waals surface area (Å²) in [6.07, 6.45) is 0.677. The lowest BCUT2D eigenvalue weighted by Gasteiger charge is -2.09. The number of hydrogen-bond donors (Lipinski definition) is 2. The maximum Gasteiger partial charge on any atom is 0.167 e. The monoisotopic (exact) mass is 262 g/mol. The second-order valence-electron chi connectivity index (χ2n) is 3.92. The van der Waals surface area contributed by atoms with E-state index in [2.05, 4.69) is 15.3 Å². The number of rotatable bonds is 4. The topological polar surface area (TPSA) is 73.1 Å². The summed E-state index contributed by atoms with van der Waals surface area (Å²) in [4.78, 5) is 8.34. The van der Waals surface area contributed by atoms with Crippen LogP contribution in [-0.2, 0) is 6.42 Å². The van der Waals surface area contributed by atoms with Crippen LogP contribution in [0, 0.1) is 5.82 Å². The highest BCUT2D eigenvalue weighted by atomic mass is 19.1. The van der Waals surface area contributed by atoms with Gasteiger partial charge in [-0.05, 0) is 12.1 Å². The Bertz CT molecular complexity index is 589. The van der Waals surface area contributed by atoms with Crippen LogP contribution in [0.3, 0.4) is 0 Å². The van der Waals surface area contributed by atoms with Crippen molar-refractivity contribution in [1.82, 2.24) is 9.97 Å². The van der Waals surface area contributed by atoms with Crippen LogP contribution in [0.15, 0.2) is 24.3 Å². The van der Waals surface area contributed by atoms with E-state index in [1.807, 2.05) is 6.92 Å². The van der Waals surface area contributed by atoms with Crippen molar-refractivity contribution in [3.63, 3.8) is 0 Å². The molecule has 19 heavy (non-hydrogen) atoms. The van der Waals surface area contributed by atoms with Gasteiger partial charge in [0.25, 0.3) is 0 Å². The lowest BCUT2D eigenvalue weighted by Crippen LogP contribution is -2.03. The van der Waals surface area contributed by atoms with Gasteiger partial charge in [0.05, 0.1) is 7.11 Å². The molecule has 1 heterocycles. The number of nitrogens with zero attached hydrogens (tertiary/aromatic N) is 2.